The van der Waals surface area contributed by atoms with Gasteiger partial charge in [-0.15, -0.1) is 0 Å². The Morgan fingerprint density at radius 3 is 2.06 bits per heavy atom. The molecule has 0 spiro atoms. The van der Waals surface area contributed by atoms with Gasteiger partial charge in [0.1, 0.15) is 17.5 Å². The topological polar surface area (TPSA) is 95.1 Å². The fourth-order valence-corrected chi connectivity index (χ4v) is 3.87. The molecule has 10 heteroatoms. The predicted octanol–water partition coefficient (Wildman–Crippen LogP) is 3.69. The lowest BCUT2D eigenvalue weighted by atomic mass is 9.97. The van der Waals surface area contributed by atoms with Crippen LogP contribution in [0.15, 0.2) is 82.6 Å². The molecule has 0 saturated heterocycles. The van der Waals surface area contributed by atoms with Gasteiger partial charge in [0.2, 0.25) is 10.0 Å². The number of nitrogens with zero attached hydrogens (tertiary/aromatic N) is 2. The molecular weight excluding hydrogens is 455 g/mol. The quantitative estimate of drug-likeness (QED) is 0.480. The molecule has 0 fully saturated rings. The van der Waals surface area contributed by atoms with E-state index in [1.807, 2.05) is 0 Å². The summed E-state index contributed by atoms with van der Waals surface area (Å²) in [6, 6.07) is 13.7. The van der Waals surface area contributed by atoms with Gasteiger partial charge in [0.15, 0.2) is 0 Å². The minimum Gasteiger partial charge on any atom is -0.267 e. The first-order valence-electron chi connectivity index (χ1n) is 9.57. The van der Waals surface area contributed by atoms with Crippen molar-refractivity contribution in [2.24, 2.45) is 5.14 Å². The summed E-state index contributed by atoms with van der Waals surface area (Å²) in [5, 5.41) is 9.25. The molecule has 0 radical (unpaired) electrons. The van der Waals surface area contributed by atoms with Crippen molar-refractivity contribution in [1.29, 1.82) is 0 Å². The molecule has 1 heterocycles. The van der Waals surface area contributed by atoms with Crippen LogP contribution in [0, 0.1) is 17.5 Å². The van der Waals surface area contributed by atoms with Crippen LogP contribution in [-0.4, -0.2) is 18.2 Å². The molecule has 0 unspecified atom stereocenters. The summed E-state index contributed by atoms with van der Waals surface area (Å²) in [6.07, 6.45) is 1.37. The highest BCUT2D eigenvalue weighted by atomic mass is 32.2. The van der Waals surface area contributed by atoms with Gasteiger partial charge >= 0.3 is 0 Å². The molecule has 0 bridgehead atoms. The van der Waals surface area contributed by atoms with Crippen LogP contribution in [0.25, 0.3) is 22.3 Å². The van der Waals surface area contributed by atoms with Crippen LogP contribution in [0.2, 0.25) is 0 Å². The Balaban J connectivity index is 1.87. The Morgan fingerprint density at radius 2 is 1.45 bits per heavy atom. The van der Waals surface area contributed by atoms with Crippen molar-refractivity contribution in [1.82, 2.24) is 9.78 Å². The molecule has 0 amide bonds. The second-order valence-electron chi connectivity index (χ2n) is 7.21. The number of benzene rings is 3. The Labute approximate surface area is 186 Å². The Hall–Kier alpha value is -3.76. The van der Waals surface area contributed by atoms with E-state index >= 15 is 0 Å². The van der Waals surface area contributed by atoms with E-state index in [1.165, 1.54) is 60.8 Å². The summed E-state index contributed by atoms with van der Waals surface area (Å²) >= 11 is 0. The molecule has 1 aromatic heterocycles. The van der Waals surface area contributed by atoms with Crippen LogP contribution < -0.4 is 10.7 Å². The predicted molar refractivity (Wildman–Crippen MR) is 116 cm³/mol. The molecule has 33 heavy (non-hydrogen) atoms. The van der Waals surface area contributed by atoms with Gasteiger partial charge < -0.3 is 0 Å². The molecule has 0 saturated carbocycles. The zero-order chi connectivity index (χ0) is 23.8. The number of halogens is 3. The summed E-state index contributed by atoms with van der Waals surface area (Å²) in [7, 11) is -3.91. The van der Waals surface area contributed by atoms with Gasteiger partial charge in [-0.3, -0.25) is 4.79 Å². The normalized spacial score (nSPS) is 11.5. The van der Waals surface area contributed by atoms with Crippen molar-refractivity contribution in [2.45, 2.75) is 11.4 Å². The van der Waals surface area contributed by atoms with Gasteiger partial charge in [0.25, 0.3) is 5.56 Å². The summed E-state index contributed by atoms with van der Waals surface area (Å²) in [5.74, 6) is -2.07. The lowest BCUT2D eigenvalue weighted by Gasteiger charge is -2.13. The largest absolute Gasteiger partial charge is 0.275 e. The fraction of sp³-hybridized carbons (Fsp3) is 0.0435. The molecule has 0 aliphatic rings. The molecule has 0 aliphatic carbocycles. The van der Waals surface area contributed by atoms with Crippen molar-refractivity contribution in [3.05, 3.63) is 106 Å². The average Bonchev–Trinajstić information content (AvgIpc) is 2.77. The monoisotopic (exact) mass is 471 g/mol. The highest BCUT2D eigenvalue weighted by molar-refractivity contribution is 7.89. The number of sulfonamides is 1. The second-order valence-corrected chi connectivity index (χ2v) is 8.77. The third-order valence-corrected chi connectivity index (χ3v) is 5.94. The van der Waals surface area contributed by atoms with E-state index in [9.17, 15) is 26.4 Å². The molecule has 168 valence electrons. The molecule has 4 aromatic rings. The Bertz CT molecular complexity index is 1500. The van der Waals surface area contributed by atoms with E-state index in [2.05, 4.69) is 5.10 Å². The highest BCUT2D eigenvalue weighted by Crippen LogP contribution is 2.29. The first kappa shape index (κ1) is 22.4. The molecule has 2 N–H and O–H groups in total. The van der Waals surface area contributed by atoms with Crippen molar-refractivity contribution in [3.63, 3.8) is 0 Å². The van der Waals surface area contributed by atoms with Crippen LogP contribution in [-0.2, 0) is 16.6 Å². The molecular formula is C23H16F3N3O3S. The summed E-state index contributed by atoms with van der Waals surface area (Å²) in [5.41, 5.74) is 0.799. The molecule has 0 aliphatic heterocycles. The third kappa shape index (κ3) is 4.71. The summed E-state index contributed by atoms with van der Waals surface area (Å²) in [4.78, 5) is 13.2. The second kappa shape index (κ2) is 8.64. The molecule has 6 nitrogen and oxygen atoms in total. The lowest BCUT2D eigenvalue weighted by Crippen LogP contribution is -2.26. The highest BCUT2D eigenvalue weighted by Gasteiger charge is 2.17. The van der Waals surface area contributed by atoms with Gasteiger partial charge in [-0.1, -0.05) is 30.3 Å². The SMILES string of the molecule is NS(=O)(=O)c1ccc(-c2cnn(Cc3ccc(F)cc3F)c(=O)c2-c2ccc(F)cc2)cc1. The van der Waals surface area contributed by atoms with Crippen LogP contribution in [0.1, 0.15) is 5.56 Å². The number of aromatic nitrogens is 2. The Morgan fingerprint density at radius 1 is 0.848 bits per heavy atom. The Kier molecular flexibility index (Phi) is 5.88. The lowest BCUT2D eigenvalue weighted by molar-refractivity contribution is 0.551. The number of hydrogen-bond acceptors (Lipinski definition) is 4. The fourth-order valence-electron chi connectivity index (χ4n) is 3.35. The van der Waals surface area contributed by atoms with Crippen LogP contribution in [0.5, 0.6) is 0 Å². The molecule has 0 atom stereocenters. The molecule has 4 rings (SSSR count). The van der Waals surface area contributed by atoms with Gasteiger partial charge in [-0.25, -0.2) is 31.4 Å². The number of nitrogens with two attached hydrogens (primary N) is 1. The van der Waals surface area contributed by atoms with E-state index in [4.69, 9.17) is 5.14 Å². The first-order valence-corrected chi connectivity index (χ1v) is 11.1. The van der Waals surface area contributed by atoms with Crippen molar-refractivity contribution in [2.75, 3.05) is 0 Å². The smallest absolute Gasteiger partial charge is 0.267 e. The van der Waals surface area contributed by atoms with E-state index in [0.29, 0.717) is 22.8 Å². The zero-order valence-corrected chi connectivity index (χ0v) is 17.7. The van der Waals surface area contributed by atoms with Gasteiger partial charge in [-0.05, 0) is 41.5 Å². The zero-order valence-electron chi connectivity index (χ0n) is 16.9. The number of rotatable bonds is 5. The number of primary sulfonamides is 1. The van der Waals surface area contributed by atoms with Crippen molar-refractivity contribution >= 4 is 10.0 Å². The van der Waals surface area contributed by atoms with Crippen LogP contribution in [0.3, 0.4) is 0 Å². The maximum absolute atomic E-state index is 14.1. The van der Waals surface area contributed by atoms with E-state index in [0.717, 1.165) is 10.7 Å². The van der Waals surface area contributed by atoms with Gasteiger partial charge in [0.05, 0.1) is 23.2 Å². The standard InChI is InChI=1S/C23H16F3N3O3S/c24-17-6-1-15(2-7-17)22-20(14-4-9-19(10-5-14)33(27,31)32)12-28-29(23(22)30)13-16-3-8-18(25)11-21(16)26/h1-12H,13H2,(H2,27,31,32). The van der Waals surface area contributed by atoms with E-state index < -0.39 is 33.0 Å². The molecule has 3 aromatic carbocycles. The third-order valence-electron chi connectivity index (χ3n) is 5.01. The van der Waals surface area contributed by atoms with Crippen LogP contribution >= 0.6 is 0 Å². The summed E-state index contributed by atoms with van der Waals surface area (Å²) in [6.45, 7) is -0.260. The minimum atomic E-state index is -3.91. The number of hydrogen-bond donors (Lipinski definition) is 1. The van der Waals surface area contributed by atoms with E-state index in [-0.39, 0.29) is 22.6 Å². The summed E-state index contributed by atoms with van der Waals surface area (Å²) < 4.78 is 64.9. The minimum absolute atomic E-state index is 0.0568. The van der Waals surface area contributed by atoms with Gasteiger partial charge in [0, 0.05) is 17.2 Å². The van der Waals surface area contributed by atoms with Crippen molar-refractivity contribution in [3.8, 4) is 22.3 Å². The van der Waals surface area contributed by atoms with Gasteiger partial charge in [-0.2, -0.15) is 5.10 Å². The van der Waals surface area contributed by atoms with Crippen molar-refractivity contribution < 1.29 is 21.6 Å². The maximum atomic E-state index is 14.1. The van der Waals surface area contributed by atoms with E-state index in [1.54, 1.807) is 0 Å². The average molecular weight is 471 g/mol. The van der Waals surface area contributed by atoms with Crippen LogP contribution in [0.4, 0.5) is 13.2 Å². The maximum Gasteiger partial charge on any atom is 0.275 e. The first-order chi connectivity index (χ1) is 15.6.